The summed E-state index contributed by atoms with van der Waals surface area (Å²) < 4.78 is 17.4. The summed E-state index contributed by atoms with van der Waals surface area (Å²) in [5.41, 5.74) is 0. The maximum atomic E-state index is 12.1. The normalized spacial score (nSPS) is 10.8. The van der Waals surface area contributed by atoms with Crippen molar-refractivity contribution in [3.63, 3.8) is 0 Å². The number of carbonyl (C=O) groups is 2. The number of nitrogens with one attached hydrogen (secondary N) is 3. The van der Waals surface area contributed by atoms with E-state index in [4.69, 9.17) is 13.3 Å². The molecule has 0 heterocycles. The predicted octanol–water partition coefficient (Wildman–Crippen LogP) is 1.55. The zero-order chi connectivity index (χ0) is 21.1. The van der Waals surface area contributed by atoms with Gasteiger partial charge >= 0.3 is 14.8 Å². The molecule has 0 aliphatic carbocycles. The van der Waals surface area contributed by atoms with Crippen molar-refractivity contribution >= 4 is 30.0 Å². The zero-order valence-corrected chi connectivity index (χ0v) is 19.9. The minimum absolute atomic E-state index is 0.120. The molecule has 1 unspecified atom stereocenters. The maximum absolute atomic E-state index is 12.1. The third kappa shape index (κ3) is 16.1. The van der Waals surface area contributed by atoms with Gasteiger partial charge in [-0.15, -0.1) is 0 Å². The molecule has 9 nitrogen and oxygen atoms in total. The van der Waals surface area contributed by atoms with Crippen molar-refractivity contribution in [1.29, 1.82) is 0 Å². The first-order valence-corrected chi connectivity index (χ1v) is 11.8. The molecule has 0 saturated carbocycles. The molecule has 0 rings (SSSR count). The average Bonchev–Trinajstić information content (AvgIpc) is 2.58. The quantitative estimate of drug-likeness (QED) is 0.168. The van der Waals surface area contributed by atoms with Crippen molar-refractivity contribution in [1.82, 2.24) is 20.6 Å². The van der Waals surface area contributed by atoms with Gasteiger partial charge < -0.3 is 28.7 Å². The highest BCUT2D eigenvalue weighted by Gasteiger charge is 2.39. The average molecular weight is 427 g/mol. The summed E-state index contributed by atoms with van der Waals surface area (Å²) in [6.07, 6.45) is 0.750. The Hall–Kier alpha value is -0.613. The fourth-order valence-corrected chi connectivity index (χ4v) is 4.95. The molecular formula is C16H39N4O5PSi. The minimum atomic E-state index is -2.62. The van der Waals surface area contributed by atoms with Crippen LogP contribution in [0.25, 0.3) is 0 Å². The number of Topliss-reactive ketones (excluding diaryl/α,β-unsaturated/α-hetero) is 1. The van der Waals surface area contributed by atoms with Crippen molar-refractivity contribution in [3.8, 4) is 0 Å². The third-order valence-corrected chi connectivity index (χ3v) is 6.28. The fourth-order valence-electron chi connectivity index (χ4n) is 2.11. The van der Waals surface area contributed by atoms with Gasteiger partial charge in [-0.1, -0.05) is 9.39 Å². The number of nitrogens with zero attached hydrogens (tertiary/aromatic N) is 1. The predicted molar refractivity (Wildman–Crippen MR) is 113 cm³/mol. The molecule has 0 aliphatic rings. The van der Waals surface area contributed by atoms with Gasteiger partial charge in [-0.25, -0.2) is 4.79 Å². The Balaban J connectivity index is 0. The van der Waals surface area contributed by atoms with Crippen molar-refractivity contribution in [2.75, 3.05) is 46.8 Å². The monoisotopic (exact) mass is 426 g/mol. The van der Waals surface area contributed by atoms with E-state index < -0.39 is 8.80 Å². The van der Waals surface area contributed by atoms with E-state index in [1.165, 1.54) is 13.8 Å². The second kappa shape index (κ2) is 18.7. The molecule has 0 radical (unpaired) electrons. The lowest BCUT2D eigenvalue weighted by Gasteiger charge is -2.28. The van der Waals surface area contributed by atoms with Crippen LogP contribution in [0.2, 0.25) is 6.04 Å². The Morgan fingerprint density at radius 2 is 1.48 bits per heavy atom. The number of carbonyl (C=O) groups excluding carboxylic acids is 2. The second-order valence-corrected chi connectivity index (χ2v) is 8.78. The molecule has 162 valence electrons. The molecule has 3 N–H and O–H groups in total. The number of urea groups is 1. The van der Waals surface area contributed by atoms with Gasteiger partial charge in [0.2, 0.25) is 0 Å². The molecule has 0 aromatic heterocycles. The summed E-state index contributed by atoms with van der Waals surface area (Å²) in [4.78, 5) is 23.1. The van der Waals surface area contributed by atoms with Gasteiger partial charge in [-0.3, -0.25) is 9.99 Å². The number of amides is 2. The number of hydrogen-bond acceptors (Lipinski definition) is 7. The highest BCUT2D eigenvalue weighted by molar-refractivity contribution is 7.13. The molecule has 1 atom stereocenters. The first kappa shape index (κ1) is 28.6. The lowest BCUT2D eigenvalue weighted by molar-refractivity contribution is -0.115. The highest BCUT2D eigenvalue weighted by atomic mass is 31.0. The SMILES string of the molecule is CC(C)=O.CCO[Si](CCCNC(=O)N(CNC)CNP)(OCC)OCC. The van der Waals surface area contributed by atoms with E-state index in [9.17, 15) is 9.59 Å². The van der Waals surface area contributed by atoms with Crippen molar-refractivity contribution in [2.45, 2.75) is 47.1 Å². The van der Waals surface area contributed by atoms with E-state index in [0.717, 1.165) is 6.42 Å². The molecular weight excluding hydrogens is 387 g/mol. The highest BCUT2D eigenvalue weighted by Crippen LogP contribution is 2.17. The van der Waals surface area contributed by atoms with Crippen molar-refractivity contribution < 1.29 is 22.9 Å². The van der Waals surface area contributed by atoms with Crippen molar-refractivity contribution in [3.05, 3.63) is 0 Å². The number of rotatable bonds is 14. The van der Waals surface area contributed by atoms with Crippen LogP contribution in [-0.2, 0) is 18.1 Å². The van der Waals surface area contributed by atoms with Gasteiger partial charge in [0.25, 0.3) is 0 Å². The lowest BCUT2D eigenvalue weighted by atomic mass is 10.5. The van der Waals surface area contributed by atoms with Gasteiger partial charge in [0.15, 0.2) is 0 Å². The molecule has 2 amide bonds. The largest absolute Gasteiger partial charge is 0.500 e. The Labute approximate surface area is 167 Å². The van der Waals surface area contributed by atoms with E-state index >= 15 is 0 Å². The molecule has 0 fully saturated rings. The summed E-state index contributed by atoms with van der Waals surface area (Å²) in [6.45, 7) is 12.0. The summed E-state index contributed by atoms with van der Waals surface area (Å²) in [7, 11) is 1.57. The summed E-state index contributed by atoms with van der Waals surface area (Å²) in [5, 5.41) is 8.75. The Kier molecular flexibility index (Phi) is 19.8. The van der Waals surface area contributed by atoms with Crippen LogP contribution in [0.5, 0.6) is 0 Å². The van der Waals surface area contributed by atoms with Crippen LogP contribution in [0.4, 0.5) is 4.79 Å². The van der Waals surface area contributed by atoms with E-state index in [0.29, 0.717) is 45.7 Å². The van der Waals surface area contributed by atoms with Gasteiger partial charge in [0.1, 0.15) is 5.78 Å². The van der Waals surface area contributed by atoms with E-state index in [-0.39, 0.29) is 11.8 Å². The first-order chi connectivity index (χ1) is 12.8. The summed E-state index contributed by atoms with van der Waals surface area (Å²) in [5.74, 6) is 0.167. The van der Waals surface area contributed by atoms with Crippen LogP contribution in [0.15, 0.2) is 0 Å². The summed E-state index contributed by atoms with van der Waals surface area (Å²) in [6, 6.07) is 0.572. The molecule has 27 heavy (non-hydrogen) atoms. The second-order valence-electron chi connectivity index (χ2n) is 5.64. The molecule has 0 spiro atoms. The number of ketones is 1. The van der Waals surface area contributed by atoms with Crippen LogP contribution >= 0.6 is 9.39 Å². The minimum Gasteiger partial charge on any atom is -0.374 e. The molecule has 0 aliphatic heterocycles. The fraction of sp³-hybridized carbons (Fsp3) is 0.875. The van der Waals surface area contributed by atoms with Crippen LogP contribution in [0.3, 0.4) is 0 Å². The topological polar surface area (TPSA) is 101 Å². The van der Waals surface area contributed by atoms with Gasteiger partial charge in [0, 0.05) is 32.4 Å². The molecule has 0 aromatic carbocycles. The lowest BCUT2D eigenvalue weighted by Crippen LogP contribution is -2.48. The number of hydrogen-bond donors (Lipinski definition) is 3. The Morgan fingerprint density at radius 3 is 1.85 bits per heavy atom. The third-order valence-electron chi connectivity index (χ3n) is 2.95. The van der Waals surface area contributed by atoms with E-state index in [1.54, 1.807) is 11.9 Å². The van der Waals surface area contributed by atoms with Gasteiger partial charge in [-0.2, -0.15) is 0 Å². The summed E-state index contributed by atoms with van der Waals surface area (Å²) >= 11 is 0. The smallest absolute Gasteiger partial charge is 0.374 e. The van der Waals surface area contributed by atoms with Crippen LogP contribution in [-0.4, -0.2) is 72.3 Å². The van der Waals surface area contributed by atoms with Crippen LogP contribution in [0, 0.1) is 0 Å². The molecule has 0 aromatic rings. The van der Waals surface area contributed by atoms with Gasteiger partial charge in [0.05, 0.1) is 13.3 Å². The molecule has 11 heteroatoms. The zero-order valence-electron chi connectivity index (χ0n) is 17.7. The maximum Gasteiger partial charge on any atom is 0.500 e. The Bertz CT molecular complexity index is 367. The first-order valence-electron chi connectivity index (χ1n) is 9.32. The van der Waals surface area contributed by atoms with Crippen molar-refractivity contribution in [2.24, 2.45) is 0 Å². The van der Waals surface area contributed by atoms with E-state index in [1.807, 2.05) is 20.8 Å². The molecule has 0 bridgehead atoms. The van der Waals surface area contributed by atoms with E-state index in [2.05, 4.69) is 25.1 Å². The molecule has 0 saturated heterocycles. The van der Waals surface area contributed by atoms with Crippen LogP contribution < -0.4 is 15.7 Å². The van der Waals surface area contributed by atoms with Gasteiger partial charge in [-0.05, 0) is 48.1 Å². The standard InChI is InChI=1S/C13H33N4O4PSi.C3H6O/c1-5-19-23(20-6-2,21-7-3)10-8-9-15-13(18)17(11-14-4)12-16-22;1-3(2)4/h14,16H,5-12,22H2,1-4H3,(H,15,18);1-2H3. The Morgan fingerprint density at radius 1 is 1.00 bits per heavy atom. The van der Waals surface area contributed by atoms with Crippen LogP contribution in [0.1, 0.15) is 41.0 Å².